The van der Waals surface area contributed by atoms with Crippen LogP contribution in [0.15, 0.2) is 88.7 Å². The molecule has 4 saturated heterocycles. The summed E-state index contributed by atoms with van der Waals surface area (Å²) in [7, 11) is -3.94. The van der Waals surface area contributed by atoms with Gasteiger partial charge in [0.25, 0.3) is 11.8 Å². The molecule has 4 aromatic carbocycles. The number of nitrogens with zero attached hydrogens (tertiary/aromatic N) is 6. The summed E-state index contributed by atoms with van der Waals surface area (Å²) in [5.74, 6) is 1.39. The zero-order valence-corrected chi connectivity index (χ0v) is 68.5. The van der Waals surface area contributed by atoms with E-state index in [4.69, 9.17) is 23.4 Å². The van der Waals surface area contributed by atoms with Gasteiger partial charge >= 0.3 is 12.1 Å². The zero-order chi connectivity index (χ0) is 82.2. The fraction of sp³-hybridized carbons (Fsp3) is 0.659. The van der Waals surface area contributed by atoms with Crippen LogP contribution in [0.25, 0.3) is 11.5 Å². The van der Waals surface area contributed by atoms with Gasteiger partial charge in [-0.1, -0.05) is 34.3 Å². The number of allylic oxidation sites excluding steroid dienone is 1. The average Bonchev–Trinajstić information content (AvgIpc) is 1.52. The highest BCUT2D eigenvalue weighted by molar-refractivity contribution is 7.90. The number of hydrogen-bond donors (Lipinski definition) is 1. The molecule has 8 fully saturated rings. The molecule has 1 amide bonds. The third-order valence-corrected chi connectivity index (χ3v) is 25.7. The second-order valence-corrected chi connectivity index (χ2v) is 35.8. The van der Waals surface area contributed by atoms with Gasteiger partial charge in [-0.05, 0) is 309 Å². The van der Waals surface area contributed by atoms with E-state index in [9.17, 15) is 61.9 Å². The number of benzene rings is 4. The molecule has 115 heavy (non-hydrogen) atoms. The van der Waals surface area contributed by atoms with Crippen molar-refractivity contribution in [3.63, 3.8) is 0 Å². The van der Waals surface area contributed by atoms with Crippen molar-refractivity contribution < 1.29 is 85.3 Å². The lowest BCUT2D eigenvalue weighted by atomic mass is 9.90. The lowest BCUT2D eigenvalue weighted by Gasteiger charge is -2.34. The Balaban J connectivity index is 0.000000176. The molecule has 4 saturated carbocycles. The second-order valence-electron chi connectivity index (χ2n) is 33.8. The van der Waals surface area contributed by atoms with Gasteiger partial charge in [-0.15, -0.1) is 16.8 Å². The van der Waals surface area contributed by atoms with E-state index in [-0.39, 0.29) is 55.5 Å². The van der Waals surface area contributed by atoms with Gasteiger partial charge < -0.3 is 43.4 Å². The fourth-order valence-electron chi connectivity index (χ4n) is 17.5. The van der Waals surface area contributed by atoms with Gasteiger partial charge in [-0.25, -0.2) is 30.4 Å². The van der Waals surface area contributed by atoms with Crippen molar-refractivity contribution in [2.24, 2.45) is 71.0 Å². The monoisotopic (exact) mass is 1640 g/mol. The minimum absolute atomic E-state index is 0. The van der Waals surface area contributed by atoms with Crippen LogP contribution in [0.5, 0.6) is 23.0 Å². The van der Waals surface area contributed by atoms with E-state index in [0.29, 0.717) is 98.1 Å². The topological polar surface area (TPSA) is 169 Å². The molecule has 13 rings (SSSR count). The molecule has 1 N–H and O–H groups in total. The Morgan fingerprint density at radius 3 is 1.22 bits per heavy atom. The van der Waals surface area contributed by atoms with Crippen LogP contribution in [-0.2, 0) is 9.84 Å². The summed E-state index contributed by atoms with van der Waals surface area (Å²) in [4.78, 5) is 32.0. The first-order valence-corrected chi connectivity index (χ1v) is 43.3. The number of halogens is 10. The minimum Gasteiger partial charge on any atom is -0.493 e. The fourth-order valence-corrected chi connectivity index (χ4v) is 18.4. The van der Waals surface area contributed by atoms with Crippen LogP contribution in [0.1, 0.15) is 191 Å². The maximum atomic E-state index is 14.3. The minimum atomic E-state index is -5.52. The first-order valence-electron chi connectivity index (χ1n) is 41.4. The van der Waals surface area contributed by atoms with Gasteiger partial charge in [0.2, 0.25) is 5.89 Å². The molecule has 0 unspecified atom stereocenters. The van der Waals surface area contributed by atoms with Crippen molar-refractivity contribution in [2.45, 2.75) is 194 Å². The van der Waals surface area contributed by atoms with Crippen molar-refractivity contribution in [1.82, 2.24) is 35.1 Å². The van der Waals surface area contributed by atoms with Crippen LogP contribution < -0.4 is 24.3 Å². The Morgan fingerprint density at radius 1 is 0.530 bits per heavy atom. The molecule has 8 atom stereocenters. The van der Waals surface area contributed by atoms with E-state index in [1.165, 1.54) is 145 Å². The molecule has 4 aliphatic heterocycles. The molecule has 4 aliphatic carbocycles. The van der Waals surface area contributed by atoms with Crippen molar-refractivity contribution in [2.75, 3.05) is 111 Å². The molecule has 8 aliphatic rings. The van der Waals surface area contributed by atoms with Crippen LogP contribution in [0, 0.1) is 107 Å². The molecule has 16 nitrogen and oxygen atoms in total. The Hall–Kier alpha value is -6.81. The quantitative estimate of drug-likeness (QED) is 0.0245. The lowest BCUT2D eigenvalue weighted by molar-refractivity contribution is -0.287. The maximum absolute atomic E-state index is 14.3. The molecule has 0 radical (unpaired) electrons. The highest BCUT2D eigenvalue weighted by atomic mass is 32.2. The van der Waals surface area contributed by atoms with Crippen molar-refractivity contribution in [3.05, 3.63) is 125 Å². The van der Waals surface area contributed by atoms with Crippen molar-refractivity contribution >= 4 is 21.5 Å². The number of piperidine rings is 4. The number of likely N-dealkylation sites (tertiary alicyclic amines) is 4. The van der Waals surface area contributed by atoms with Crippen LogP contribution in [-0.4, -0.2) is 179 Å². The third kappa shape index (κ3) is 27.4. The van der Waals surface area contributed by atoms with E-state index < -0.39 is 73.9 Å². The lowest BCUT2D eigenvalue weighted by Crippen LogP contribution is -2.49. The molecule has 0 spiro atoms. The number of rotatable bonds is 32. The number of carbonyl (C=O) groups is 2. The maximum Gasteiger partial charge on any atom is 0.454 e. The number of hydrogen-bond acceptors (Lipinski definition) is 15. The number of aromatic nitrogens is 2. The summed E-state index contributed by atoms with van der Waals surface area (Å²) in [5, 5.41) is 10.4. The van der Waals surface area contributed by atoms with Gasteiger partial charge in [0.15, 0.2) is 15.6 Å². The number of carbonyl (C=O) groups excluding carboxylic acids is 2. The van der Waals surface area contributed by atoms with Gasteiger partial charge in [0, 0.05) is 55.5 Å². The van der Waals surface area contributed by atoms with E-state index in [0.717, 1.165) is 104 Å². The van der Waals surface area contributed by atoms with Crippen LogP contribution in [0.2, 0.25) is 0 Å². The summed E-state index contributed by atoms with van der Waals surface area (Å²) in [6, 6.07) is 15.4. The number of Topliss-reactive ketones (excluding diaryl/α,β-unsaturated/α-hetero) is 1. The van der Waals surface area contributed by atoms with Crippen LogP contribution >= 0.6 is 0 Å². The summed E-state index contributed by atoms with van der Waals surface area (Å²) in [5.41, 5.74) is 0.00418. The summed E-state index contributed by atoms with van der Waals surface area (Å²) in [6.45, 7) is 29.6. The molecule has 27 heteroatoms. The van der Waals surface area contributed by atoms with E-state index >= 15 is 0 Å². The van der Waals surface area contributed by atoms with Crippen molar-refractivity contribution in [1.29, 1.82) is 0 Å². The molecule has 1 aromatic heterocycles. The Labute approximate surface area is 674 Å². The average molecular weight is 1650 g/mol. The van der Waals surface area contributed by atoms with Crippen LogP contribution in [0.4, 0.5) is 43.9 Å². The summed E-state index contributed by atoms with van der Waals surface area (Å²) >= 11 is 0. The molecule has 0 bridgehead atoms. The number of ether oxygens (including phenoxy) is 4. The molecule has 5 aromatic rings. The van der Waals surface area contributed by atoms with Gasteiger partial charge in [0.1, 0.15) is 57.0 Å². The first kappa shape index (κ1) is 92.1. The highest BCUT2D eigenvalue weighted by Gasteiger charge is 2.58. The number of aryl methyl sites for hydroxylation is 1. The SMILES string of the molecule is C.C=CCCC(=O)c1ccc(OCC[C@@H]2C[C@@H]2C2CCN(CC(F)(F)C(F)(F)F)CC2)cc1F.CCN1CCC([C@H]2C[C@H]2CCOc2cc(F)c(S(C)(=O)=O)c(F)c2)CC1.CCN1CCC([C@H]2C[C@H]2CCOc2ccc(-c3nnc(C)o3)c(F)c2)CC1.CCN1CCC([C@H]2C[C@H]2CCOc2ccc(C(=O)NC(C)(C)C)c(F)c2)CC1. The van der Waals surface area contributed by atoms with E-state index in [1.807, 2.05) is 20.8 Å². The molecule has 640 valence electrons. The van der Waals surface area contributed by atoms with Crippen molar-refractivity contribution in [3.8, 4) is 34.5 Å². The molecular weight excluding hydrogens is 1520 g/mol. The van der Waals surface area contributed by atoms with Crippen LogP contribution in [0.3, 0.4) is 0 Å². The summed E-state index contributed by atoms with van der Waals surface area (Å²) in [6.07, 6.45) is 15.3. The Kier molecular flexibility index (Phi) is 33.4. The predicted octanol–water partition coefficient (Wildman–Crippen LogP) is 19.2. The standard InChI is InChI=1S/C24H29F6NO2.C23H35FN2O2.C21H28FN3O2.C19H27F2NO3S.CH4/c1-2-3-4-22(32)19-6-5-18(14-21(19)25)33-12-9-17-13-20(17)16-7-10-31(11-8-16)15-23(26,27)24(28,29)30;1-5-26-11-8-16(9-12-26)20-14-17(20)10-13-28-18-6-7-19(21(24)15-18)22(27)25-23(2,3)4;1-3-25-9-6-15(7-10-25)19-12-16(19)8-11-26-17-4-5-18(20(22)13-17)21-24-23-14(2)27-21;1-3-22-7-4-13(5-8-22)16-10-14(16)6-9-25-15-11-17(20)19(18(21)12-15)26(2,23)24;/h2,5-6,14,16-17,20H,1,3-4,7-13,15H2;6-7,15-17,20H,5,8-14H2,1-4H3,(H,25,27);4-5,13,15-16,19H,3,6-12H2,1-2H3;11-14,16H,3-10H2,1-2H3;1H4/t2*17-,20-;16-,19-;14-,16-;/m1111./s1. The number of ketones is 1. The van der Waals surface area contributed by atoms with E-state index in [2.05, 4.69) is 57.6 Å². The Bertz CT molecular complexity index is 4030. The number of nitrogens with one attached hydrogen (secondary N) is 1. The number of alkyl halides is 5. The highest BCUT2D eigenvalue weighted by Crippen LogP contribution is 2.53. The first-order chi connectivity index (χ1) is 54.2. The molecular formula is C88H123F10N7O9S. The van der Waals surface area contributed by atoms with Gasteiger partial charge in [0.05, 0.1) is 49.7 Å². The summed E-state index contributed by atoms with van der Waals surface area (Å²) < 4.78 is 185. The second kappa shape index (κ2) is 41.7. The third-order valence-electron chi connectivity index (χ3n) is 24.6. The Morgan fingerprint density at radius 2 is 0.887 bits per heavy atom. The number of amides is 1. The number of sulfone groups is 1. The van der Waals surface area contributed by atoms with Gasteiger partial charge in [-0.3, -0.25) is 14.5 Å². The molecule has 5 heterocycles. The largest absolute Gasteiger partial charge is 0.493 e. The normalized spacial score (nSPS) is 23.2. The van der Waals surface area contributed by atoms with Gasteiger partial charge in [-0.2, -0.15) is 22.0 Å². The predicted molar refractivity (Wildman–Crippen MR) is 426 cm³/mol. The van der Waals surface area contributed by atoms with E-state index in [1.54, 1.807) is 37.3 Å². The smallest absolute Gasteiger partial charge is 0.454 e. The zero-order valence-electron chi connectivity index (χ0n) is 67.7.